The largest absolute Gasteiger partial charge is 0.487 e. The van der Waals surface area contributed by atoms with Gasteiger partial charge in [-0.1, -0.05) is 24.3 Å². The van der Waals surface area contributed by atoms with Crippen LogP contribution in [0.1, 0.15) is 17.0 Å². The fourth-order valence-electron chi connectivity index (χ4n) is 3.49. The molecular formula is C24H20F6N6O2. The maximum atomic E-state index is 14.6. The van der Waals surface area contributed by atoms with Crippen LogP contribution in [0, 0.1) is 11.6 Å². The van der Waals surface area contributed by atoms with Crippen molar-refractivity contribution in [2.24, 2.45) is 0 Å². The van der Waals surface area contributed by atoms with Crippen molar-refractivity contribution in [2.45, 2.75) is 31.0 Å². The van der Waals surface area contributed by atoms with Crippen LogP contribution in [-0.4, -0.2) is 53.6 Å². The predicted molar refractivity (Wildman–Crippen MR) is 122 cm³/mol. The van der Waals surface area contributed by atoms with Crippen molar-refractivity contribution in [2.75, 3.05) is 6.61 Å². The van der Waals surface area contributed by atoms with Crippen LogP contribution in [0.15, 0.2) is 61.4 Å². The molecule has 2 heterocycles. The Bertz CT molecular complexity index is 1380. The summed E-state index contributed by atoms with van der Waals surface area (Å²) in [5, 5.41) is 19.6. The molecule has 1 atom stereocenters. The molecular weight excluding hydrogens is 518 g/mol. The van der Waals surface area contributed by atoms with Crippen molar-refractivity contribution < 1.29 is 36.2 Å². The van der Waals surface area contributed by atoms with Crippen molar-refractivity contribution in [3.05, 3.63) is 90.0 Å². The summed E-state index contributed by atoms with van der Waals surface area (Å²) < 4.78 is 85.8. The van der Waals surface area contributed by atoms with Gasteiger partial charge < -0.3 is 9.84 Å². The van der Waals surface area contributed by atoms with Crippen molar-refractivity contribution in [3.8, 4) is 5.75 Å². The Morgan fingerprint density at radius 1 is 0.974 bits per heavy atom. The molecule has 0 saturated heterocycles. The van der Waals surface area contributed by atoms with E-state index in [9.17, 15) is 31.4 Å². The smallest absolute Gasteiger partial charge is 0.340 e. The summed E-state index contributed by atoms with van der Waals surface area (Å²) in [6.45, 7) is -1.92. The summed E-state index contributed by atoms with van der Waals surface area (Å²) in [5.41, 5.74) is -1.46. The zero-order chi connectivity index (χ0) is 27.3. The van der Waals surface area contributed by atoms with Crippen LogP contribution >= 0.6 is 0 Å². The summed E-state index contributed by atoms with van der Waals surface area (Å²) in [5.74, 6) is -5.78. The molecule has 4 aromatic rings. The number of hydrogen-bond donors (Lipinski definition) is 1. The van der Waals surface area contributed by atoms with E-state index in [1.54, 1.807) is 6.08 Å². The Morgan fingerprint density at radius 3 is 2.37 bits per heavy atom. The monoisotopic (exact) mass is 538 g/mol. The van der Waals surface area contributed by atoms with E-state index in [0.717, 1.165) is 12.1 Å². The van der Waals surface area contributed by atoms with Crippen molar-refractivity contribution in [1.29, 1.82) is 0 Å². The number of rotatable bonds is 11. The zero-order valence-electron chi connectivity index (χ0n) is 19.4. The van der Waals surface area contributed by atoms with Crippen LogP contribution in [-0.2, 0) is 18.7 Å². The van der Waals surface area contributed by atoms with Gasteiger partial charge in [0.1, 0.15) is 42.0 Å². The van der Waals surface area contributed by atoms with Gasteiger partial charge in [0.05, 0.1) is 13.1 Å². The SMILES string of the molecule is O[C@](Cn1cncn1)(Cn1cnc(/C=C\c2ccc(OCC(F)(F)C(F)F)cc2)n1)c1ccc(F)cc1F. The summed E-state index contributed by atoms with van der Waals surface area (Å²) in [6.07, 6.45) is 3.18. The maximum absolute atomic E-state index is 14.6. The van der Waals surface area contributed by atoms with Gasteiger partial charge in [0, 0.05) is 11.6 Å². The molecule has 38 heavy (non-hydrogen) atoms. The molecule has 1 N–H and O–H groups in total. The lowest BCUT2D eigenvalue weighted by Gasteiger charge is -2.28. The molecule has 0 fully saturated rings. The first-order valence-corrected chi connectivity index (χ1v) is 11.0. The maximum Gasteiger partial charge on any atom is 0.340 e. The van der Waals surface area contributed by atoms with Crippen LogP contribution in [0.2, 0.25) is 0 Å². The Balaban J connectivity index is 1.45. The second-order valence-corrected chi connectivity index (χ2v) is 8.30. The average molecular weight is 538 g/mol. The number of ether oxygens (including phenoxy) is 1. The topological polar surface area (TPSA) is 90.9 Å². The molecule has 0 aliphatic heterocycles. The second-order valence-electron chi connectivity index (χ2n) is 8.30. The van der Waals surface area contributed by atoms with Crippen LogP contribution < -0.4 is 4.74 Å². The van der Waals surface area contributed by atoms with E-state index in [2.05, 4.69) is 20.2 Å². The lowest BCUT2D eigenvalue weighted by Crippen LogP contribution is -2.37. The fraction of sp³-hybridized carbons (Fsp3) is 0.250. The van der Waals surface area contributed by atoms with Gasteiger partial charge in [-0.05, 0) is 29.8 Å². The van der Waals surface area contributed by atoms with Crippen LogP contribution in [0.5, 0.6) is 5.75 Å². The zero-order valence-corrected chi connectivity index (χ0v) is 19.4. The Morgan fingerprint density at radius 2 is 1.71 bits per heavy atom. The highest BCUT2D eigenvalue weighted by Gasteiger charge is 2.41. The van der Waals surface area contributed by atoms with E-state index in [1.165, 1.54) is 58.7 Å². The van der Waals surface area contributed by atoms with Crippen LogP contribution in [0.4, 0.5) is 26.3 Å². The third kappa shape index (κ3) is 6.56. The van der Waals surface area contributed by atoms with Gasteiger partial charge >= 0.3 is 12.3 Å². The summed E-state index contributed by atoms with van der Waals surface area (Å²) in [6, 6.07) is 8.54. The number of benzene rings is 2. The standard InChI is InChI=1S/C24H20F6N6O2/c25-17-4-7-19(20(26)9-17)23(37,10-35-14-31-13-33-35)11-36-15-32-21(34-36)8-3-16-1-5-18(6-2-16)38-12-24(29,30)22(27)28/h1-9,13-15,22,37H,10-12H2/b8-3-/t23-/m1/s1. The van der Waals surface area contributed by atoms with E-state index in [1.807, 2.05) is 0 Å². The van der Waals surface area contributed by atoms with Gasteiger partial charge in [0.25, 0.3) is 0 Å². The van der Waals surface area contributed by atoms with Gasteiger partial charge in [-0.3, -0.25) is 0 Å². The average Bonchev–Trinajstić information content (AvgIpc) is 3.53. The van der Waals surface area contributed by atoms with Crippen LogP contribution in [0.3, 0.4) is 0 Å². The van der Waals surface area contributed by atoms with Gasteiger partial charge in [-0.15, -0.1) is 0 Å². The van der Waals surface area contributed by atoms with Crippen molar-refractivity contribution in [3.63, 3.8) is 0 Å². The minimum Gasteiger partial charge on any atom is -0.487 e. The lowest BCUT2D eigenvalue weighted by molar-refractivity contribution is -0.148. The number of hydrogen-bond acceptors (Lipinski definition) is 6. The van der Waals surface area contributed by atoms with Gasteiger partial charge in [-0.2, -0.15) is 19.0 Å². The Labute approximate surface area is 211 Å². The summed E-state index contributed by atoms with van der Waals surface area (Å²) >= 11 is 0. The predicted octanol–water partition coefficient (Wildman–Crippen LogP) is 4.19. The molecule has 4 rings (SSSR count). The van der Waals surface area contributed by atoms with E-state index in [4.69, 9.17) is 4.74 Å². The fourth-order valence-corrected chi connectivity index (χ4v) is 3.49. The molecule has 14 heteroatoms. The second kappa shape index (κ2) is 11.0. The number of alkyl halides is 4. The first kappa shape index (κ1) is 26.9. The van der Waals surface area contributed by atoms with Gasteiger partial charge in [-0.25, -0.2) is 36.9 Å². The molecule has 0 amide bonds. The molecule has 0 saturated carbocycles. The highest BCUT2D eigenvalue weighted by atomic mass is 19.3. The third-order valence-electron chi connectivity index (χ3n) is 5.36. The molecule has 2 aromatic heterocycles. The molecule has 2 aromatic carbocycles. The van der Waals surface area contributed by atoms with Gasteiger partial charge in [0.15, 0.2) is 12.4 Å². The Hall–Kier alpha value is -4.20. The quantitative estimate of drug-likeness (QED) is 0.288. The number of halogens is 6. The minimum atomic E-state index is -4.26. The summed E-state index contributed by atoms with van der Waals surface area (Å²) in [4.78, 5) is 7.93. The Kier molecular flexibility index (Phi) is 7.80. The first-order chi connectivity index (χ1) is 18.0. The van der Waals surface area contributed by atoms with Crippen LogP contribution in [0.25, 0.3) is 12.2 Å². The molecule has 8 nitrogen and oxygen atoms in total. The molecule has 0 radical (unpaired) electrons. The molecule has 0 spiro atoms. The third-order valence-corrected chi connectivity index (χ3v) is 5.36. The lowest BCUT2D eigenvalue weighted by atomic mass is 9.93. The van der Waals surface area contributed by atoms with Crippen molar-refractivity contribution in [1.82, 2.24) is 29.5 Å². The number of aromatic nitrogens is 6. The van der Waals surface area contributed by atoms with E-state index < -0.39 is 36.2 Å². The normalized spacial score (nSPS) is 13.8. The highest BCUT2D eigenvalue weighted by Crippen LogP contribution is 2.28. The van der Waals surface area contributed by atoms with E-state index >= 15 is 0 Å². The number of aliphatic hydroxyl groups is 1. The number of nitrogens with zero attached hydrogens (tertiary/aromatic N) is 6. The van der Waals surface area contributed by atoms with Gasteiger partial charge in [0.2, 0.25) is 0 Å². The molecule has 0 aliphatic carbocycles. The molecule has 0 aliphatic rings. The first-order valence-electron chi connectivity index (χ1n) is 11.0. The molecule has 0 unspecified atom stereocenters. The highest BCUT2D eigenvalue weighted by molar-refractivity contribution is 5.66. The van der Waals surface area contributed by atoms with Crippen molar-refractivity contribution >= 4 is 12.2 Å². The molecule has 200 valence electrons. The summed E-state index contributed by atoms with van der Waals surface area (Å²) in [7, 11) is 0. The minimum absolute atomic E-state index is 0.00966. The van der Waals surface area contributed by atoms with E-state index in [-0.39, 0.29) is 30.2 Å². The molecule has 0 bridgehead atoms. The van der Waals surface area contributed by atoms with E-state index in [0.29, 0.717) is 11.6 Å².